The molecule has 1 unspecified atom stereocenters. The van der Waals surface area contributed by atoms with Crippen LogP contribution in [-0.2, 0) is 9.59 Å². The zero-order chi connectivity index (χ0) is 25.1. The zero-order valence-electron chi connectivity index (χ0n) is 19.5. The number of hydrogen-bond donors (Lipinski definition) is 2. The van der Waals surface area contributed by atoms with Crippen molar-refractivity contribution in [2.75, 3.05) is 31.5 Å². The van der Waals surface area contributed by atoms with E-state index in [1.807, 2.05) is 42.5 Å². The average molecular weight is 505 g/mol. The number of nitrogens with one attached hydrogen (secondary N) is 2. The number of carbonyl (C=O) groups excluding carboxylic acids is 3. The number of rotatable bonds is 5. The minimum Gasteiger partial charge on any atom is -0.344 e. The van der Waals surface area contributed by atoms with E-state index >= 15 is 0 Å². The molecule has 3 heterocycles. The van der Waals surface area contributed by atoms with Gasteiger partial charge in [-0.2, -0.15) is 0 Å². The van der Waals surface area contributed by atoms with Crippen LogP contribution < -0.4 is 10.6 Å². The Morgan fingerprint density at radius 1 is 0.944 bits per heavy atom. The van der Waals surface area contributed by atoms with Crippen LogP contribution in [0.3, 0.4) is 0 Å². The van der Waals surface area contributed by atoms with Crippen molar-refractivity contribution in [3.8, 4) is 11.3 Å². The average Bonchev–Trinajstić information content (AvgIpc) is 3.35. The molecule has 0 saturated carbocycles. The van der Waals surface area contributed by atoms with Crippen molar-refractivity contribution >= 4 is 41.0 Å². The second kappa shape index (κ2) is 10.3. The summed E-state index contributed by atoms with van der Waals surface area (Å²) in [4.78, 5) is 49.3. The first-order valence-electron chi connectivity index (χ1n) is 11.8. The van der Waals surface area contributed by atoms with E-state index in [1.165, 1.54) is 0 Å². The molecule has 184 valence electrons. The lowest BCUT2D eigenvalue weighted by Gasteiger charge is -2.36. The van der Waals surface area contributed by atoms with Crippen molar-refractivity contribution in [1.29, 1.82) is 0 Å². The Kier molecular flexibility index (Phi) is 6.81. The van der Waals surface area contributed by atoms with Gasteiger partial charge in [0, 0.05) is 60.6 Å². The summed E-state index contributed by atoms with van der Waals surface area (Å²) >= 11 is 5.97. The number of nitrogens with zero attached hydrogens (tertiary/aromatic N) is 4. The fraction of sp³-hybridized carbons (Fsp3) is 0.269. The molecule has 0 bridgehead atoms. The van der Waals surface area contributed by atoms with Gasteiger partial charge >= 0.3 is 0 Å². The molecule has 5 rings (SSSR count). The highest BCUT2D eigenvalue weighted by Crippen LogP contribution is 2.22. The highest BCUT2D eigenvalue weighted by Gasteiger charge is 2.33. The smallest absolute Gasteiger partial charge is 0.253 e. The fourth-order valence-corrected chi connectivity index (χ4v) is 4.48. The predicted molar refractivity (Wildman–Crippen MR) is 136 cm³/mol. The topological polar surface area (TPSA) is 108 Å². The molecule has 1 aromatic heterocycles. The highest BCUT2D eigenvalue weighted by molar-refractivity contribution is 6.30. The lowest BCUT2D eigenvalue weighted by atomic mass is 10.1. The number of hydrogen-bond acceptors (Lipinski definition) is 6. The van der Waals surface area contributed by atoms with Crippen molar-refractivity contribution in [3.63, 3.8) is 0 Å². The standard InChI is InChI=1S/C26H25ClN6O3/c27-19-5-1-17(2-6-19)21-11-12-28-26(31-21)29-20-7-3-18(4-8-20)24(35)32-13-15-33(16-14-32)25(36)22-9-10-23(34)30-22/h1-8,11-12,22H,9-10,13-16H2,(H,30,34)(H,28,29,31). The Hall–Kier alpha value is -3.98. The summed E-state index contributed by atoms with van der Waals surface area (Å²) in [5.74, 6) is 0.219. The molecule has 0 aliphatic carbocycles. The lowest BCUT2D eigenvalue weighted by molar-refractivity contribution is -0.135. The molecule has 1 atom stereocenters. The first-order chi connectivity index (χ1) is 17.5. The van der Waals surface area contributed by atoms with Crippen LogP contribution >= 0.6 is 11.6 Å². The maximum absolute atomic E-state index is 13.0. The second-order valence-corrected chi connectivity index (χ2v) is 9.19. The molecule has 10 heteroatoms. The molecule has 2 aliphatic rings. The number of aromatic nitrogens is 2. The Morgan fingerprint density at radius 3 is 2.31 bits per heavy atom. The summed E-state index contributed by atoms with van der Waals surface area (Å²) < 4.78 is 0. The monoisotopic (exact) mass is 504 g/mol. The largest absolute Gasteiger partial charge is 0.344 e. The highest BCUT2D eigenvalue weighted by atomic mass is 35.5. The number of halogens is 1. The van der Waals surface area contributed by atoms with Crippen molar-refractivity contribution < 1.29 is 14.4 Å². The maximum Gasteiger partial charge on any atom is 0.253 e. The Labute approximate surface area is 213 Å². The lowest BCUT2D eigenvalue weighted by Crippen LogP contribution is -2.54. The normalized spacial score (nSPS) is 17.6. The van der Waals surface area contributed by atoms with Gasteiger partial charge < -0.3 is 20.4 Å². The van der Waals surface area contributed by atoms with E-state index in [4.69, 9.17) is 11.6 Å². The molecule has 2 fully saturated rings. The van der Waals surface area contributed by atoms with Crippen LogP contribution in [0.25, 0.3) is 11.3 Å². The van der Waals surface area contributed by atoms with Gasteiger partial charge in [0.25, 0.3) is 5.91 Å². The Balaban J connectivity index is 1.17. The van der Waals surface area contributed by atoms with E-state index in [0.29, 0.717) is 55.6 Å². The summed E-state index contributed by atoms with van der Waals surface area (Å²) in [6, 6.07) is 16.0. The number of anilines is 2. The molecule has 3 aromatic rings. The molecule has 36 heavy (non-hydrogen) atoms. The molecule has 0 spiro atoms. The van der Waals surface area contributed by atoms with Crippen molar-refractivity contribution in [1.82, 2.24) is 25.1 Å². The van der Waals surface area contributed by atoms with Crippen LogP contribution in [0.4, 0.5) is 11.6 Å². The quantitative estimate of drug-likeness (QED) is 0.553. The zero-order valence-corrected chi connectivity index (χ0v) is 20.2. The SMILES string of the molecule is O=C1CCC(C(=O)N2CCN(C(=O)c3ccc(Nc4nccc(-c5ccc(Cl)cc5)n4)cc3)CC2)N1. The van der Waals surface area contributed by atoms with Gasteiger partial charge in [-0.25, -0.2) is 9.97 Å². The van der Waals surface area contributed by atoms with Gasteiger partial charge in [0.05, 0.1) is 5.69 Å². The van der Waals surface area contributed by atoms with Crippen LogP contribution in [0, 0.1) is 0 Å². The van der Waals surface area contributed by atoms with Gasteiger partial charge in [-0.3, -0.25) is 14.4 Å². The van der Waals surface area contributed by atoms with E-state index in [2.05, 4.69) is 20.6 Å². The third kappa shape index (κ3) is 5.31. The van der Waals surface area contributed by atoms with Crippen LogP contribution in [0.1, 0.15) is 23.2 Å². The minimum atomic E-state index is -0.435. The molecule has 0 radical (unpaired) electrons. The summed E-state index contributed by atoms with van der Waals surface area (Å²) in [7, 11) is 0. The second-order valence-electron chi connectivity index (χ2n) is 8.75. The molecule has 9 nitrogen and oxygen atoms in total. The summed E-state index contributed by atoms with van der Waals surface area (Å²) in [6.45, 7) is 1.82. The molecule has 2 aromatic carbocycles. The van der Waals surface area contributed by atoms with E-state index in [9.17, 15) is 14.4 Å². The number of piperazine rings is 1. The van der Waals surface area contributed by atoms with E-state index < -0.39 is 6.04 Å². The van der Waals surface area contributed by atoms with Gasteiger partial charge in [-0.1, -0.05) is 23.7 Å². The first kappa shape index (κ1) is 23.7. The first-order valence-corrected chi connectivity index (χ1v) is 12.2. The third-order valence-corrected chi connectivity index (χ3v) is 6.61. The molecule has 2 N–H and O–H groups in total. The Bertz CT molecular complexity index is 1270. The number of amides is 3. The summed E-state index contributed by atoms with van der Waals surface area (Å²) in [5.41, 5.74) is 3.03. The molecular formula is C26H25ClN6O3. The van der Waals surface area contributed by atoms with Crippen molar-refractivity contribution in [2.45, 2.75) is 18.9 Å². The van der Waals surface area contributed by atoms with Crippen LogP contribution in [0.15, 0.2) is 60.8 Å². The fourth-order valence-electron chi connectivity index (χ4n) is 4.36. The van der Waals surface area contributed by atoms with E-state index in [0.717, 1.165) is 16.9 Å². The molecule has 2 aliphatic heterocycles. The van der Waals surface area contributed by atoms with Crippen LogP contribution in [0.2, 0.25) is 5.02 Å². The summed E-state index contributed by atoms with van der Waals surface area (Å²) in [6.07, 6.45) is 2.61. The molecular weight excluding hydrogens is 480 g/mol. The van der Waals surface area contributed by atoms with Crippen LogP contribution in [0.5, 0.6) is 0 Å². The third-order valence-electron chi connectivity index (χ3n) is 6.36. The van der Waals surface area contributed by atoms with Gasteiger partial charge in [0.15, 0.2) is 0 Å². The molecule has 2 saturated heterocycles. The van der Waals surface area contributed by atoms with Crippen molar-refractivity contribution in [3.05, 3.63) is 71.4 Å². The predicted octanol–water partition coefficient (Wildman–Crippen LogP) is 3.10. The van der Waals surface area contributed by atoms with E-state index in [-0.39, 0.29) is 17.7 Å². The van der Waals surface area contributed by atoms with Crippen molar-refractivity contribution in [2.24, 2.45) is 0 Å². The van der Waals surface area contributed by atoms with Gasteiger partial charge in [0.2, 0.25) is 17.8 Å². The van der Waals surface area contributed by atoms with Gasteiger partial charge in [0.1, 0.15) is 6.04 Å². The summed E-state index contributed by atoms with van der Waals surface area (Å²) in [5, 5.41) is 6.55. The van der Waals surface area contributed by atoms with E-state index in [1.54, 1.807) is 28.1 Å². The Morgan fingerprint density at radius 2 is 1.64 bits per heavy atom. The minimum absolute atomic E-state index is 0.0641. The number of benzene rings is 2. The maximum atomic E-state index is 13.0. The van der Waals surface area contributed by atoms with Gasteiger partial charge in [-0.05, 0) is 48.9 Å². The molecule has 3 amide bonds. The van der Waals surface area contributed by atoms with Gasteiger partial charge in [-0.15, -0.1) is 0 Å². The van der Waals surface area contributed by atoms with Crippen LogP contribution in [-0.4, -0.2) is 69.7 Å². The number of carbonyl (C=O) groups is 3.